The van der Waals surface area contributed by atoms with Crippen molar-refractivity contribution in [1.29, 1.82) is 0 Å². The van der Waals surface area contributed by atoms with Crippen LogP contribution >= 0.6 is 12.4 Å². The molecule has 1 aliphatic heterocycles. The molecule has 0 unspecified atom stereocenters. The third-order valence-electron chi connectivity index (χ3n) is 2.92. The van der Waals surface area contributed by atoms with Crippen LogP contribution in [0.15, 0.2) is 36.4 Å². The zero-order valence-corrected chi connectivity index (χ0v) is 10.5. The van der Waals surface area contributed by atoms with E-state index in [0.29, 0.717) is 0 Å². The summed E-state index contributed by atoms with van der Waals surface area (Å²) in [6.45, 7) is 3.66. The standard InChI is InChI=1S/C14H19N.ClH/c1-3-8-14(9-4-1)10-7-13-15-11-5-2-6-12-15;/h1,3-4,7-10H,2,5-6,11-13H2;1H/b10-7+;. The Kier molecular flexibility index (Phi) is 6.20. The Morgan fingerprint density at radius 2 is 1.69 bits per heavy atom. The van der Waals surface area contributed by atoms with E-state index in [0.717, 1.165) is 6.54 Å². The molecule has 1 fully saturated rings. The van der Waals surface area contributed by atoms with Gasteiger partial charge in [0.1, 0.15) is 0 Å². The van der Waals surface area contributed by atoms with Crippen molar-refractivity contribution in [3.63, 3.8) is 0 Å². The SMILES string of the molecule is C(=C\c1ccccc1)/CN1CCCCC1.Cl. The van der Waals surface area contributed by atoms with Crippen LogP contribution in [-0.2, 0) is 0 Å². The molecule has 1 saturated heterocycles. The molecule has 0 saturated carbocycles. The van der Waals surface area contributed by atoms with Crippen molar-refractivity contribution in [3.05, 3.63) is 42.0 Å². The van der Waals surface area contributed by atoms with Crippen molar-refractivity contribution in [2.24, 2.45) is 0 Å². The fourth-order valence-corrected chi connectivity index (χ4v) is 2.04. The maximum Gasteiger partial charge on any atom is 0.0166 e. The third kappa shape index (κ3) is 4.38. The number of nitrogens with zero attached hydrogens (tertiary/aromatic N) is 1. The lowest BCUT2D eigenvalue weighted by Gasteiger charge is -2.24. The lowest BCUT2D eigenvalue weighted by atomic mass is 10.1. The molecule has 88 valence electrons. The second-order valence-electron chi connectivity index (χ2n) is 4.17. The molecular weight excluding hydrogens is 218 g/mol. The molecule has 2 heteroatoms. The normalized spacial score (nSPS) is 17.2. The van der Waals surface area contributed by atoms with Crippen LogP contribution in [0.1, 0.15) is 24.8 Å². The summed E-state index contributed by atoms with van der Waals surface area (Å²) in [7, 11) is 0. The first-order chi connectivity index (χ1) is 7.45. The first-order valence-corrected chi connectivity index (χ1v) is 5.89. The van der Waals surface area contributed by atoms with E-state index in [1.165, 1.54) is 37.9 Å². The van der Waals surface area contributed by atoms with E-state index < -0.39 is 0 Å². The van der Waals surface area contributed by atoms with Gasteiger partial charge in [-0.3, -0.25) is 4.90 Å². The van der Waals surface area contributed by atoms with Gasteiger partial charge in [-0.05, 0) is 31.5 Å². The molecule has 0 radical (unpaired) electrons. The van der Waals surface area contributed by atoms with Crippen molar-refractivity contribution >= 4 is 18.5 Å². The second kappa shape index (κ2) is 7.48. The summed E-state index contributed by atoms with van der Waals surface area (Å²) >= 11 is 0. The molecule has 0 spiro atoms. The van der Waals surface area contributed by atoms with Crippen LogP contribution in [-0.4, -0.2) is 24.5 Å². The first-order valence-electron chi connectivity index (χ1n) is 5.89. The number of hydrogen-bond acceptors (Lipinski definition) is 1. The van der Waals surface area contributed by atoms with Crippen LogP contribution in [0.2, 0.25) is 0 Å². The summed E-state index contributed by atoms with van der Waals surface area (Å²) in [5.74, 6) is 0. The van der Waals surface area contributed by atoms with Gasteiger partial charge in [-0.25, -0.2) is 0 Å². The average Bonchev–Trinajstić information content (AvgIpc) is 2.32. The van der Waals surface area contributed by atoms with Gasteiger partial charge in [0.15, 0.2) is 0 Å². The van der Waals surface area contributed by atoms with E-state index in [1.54, 1.807) is 0 Å². The molecule has 1 nitrogen and oxygen atoms in total. The fourth-order valence-electron chi connectivity index (χ4n) is 2.04. The summed E-state index contributed by atoms with van der Waals surface area (Å²) in [6, 6.07) is 10.5. The third-order valence-corrected chi connectivity index (χ3v) is 2.92. The van der Waals surface area contributed by atoms with Crippen LogP contribution in [0, 0.1) is 0 Å². The van der Waals surface area contributed by atoms with Gasteiger partial charge in [0.2, 0.25) is 0 Å². The number of likely N-dealkylation sites (tertiary alicyclic amines) is 1. The van der Waals surface area contributed by atoms with Gasteiger partial charge in [-0.2, -0.15) is 0 Å². The number of rotatable bonds is 3. The highest BCUT2D eigenvalue weighted by molar-refractivity contribution is 5.85. The van der Waals surface area contributed by atoms with Gasteiger partial charge >= 0.3 is 0 Å². The summed E-state index contributed by atoms with van der Waals surface area (Å²) in [4.78, 5) is 2.53. The van der Waals surface area contributed by atoms with Gasteiger partial charge in [0.25, 0.3) is 0 Å². The van der Waals surface area contributed by atoms with Gasteiger partial charge in [-0.1, -0.05) is 48.9 Å². The van der Waals surface area contributed by atoms with E-state index in [1.807, 2.05) is 0 Å². The number of halogens is 1. The highest BCUT2D eigenvalue weighted by Gasteiger charge is 2.06. The van der Waals surface area contributed by atoms with Crippen LogP contribution in [0.4, 0.5) is 0 Å². The fraction of sp³-hybridized carbons (Fsp3) is 0.429. The van der Waals surface area contributed by atoms with Crippen molar-refractivity contribution in [1.82, 2.24) is 4.90 Å². The monoisotopic (exact) mass is 237 g/mol. The second-order valence-corrected chi connectivity index (χ2v) is 4.17. The molecular formula is C14H20ClN. The summed E-state index contributed by atoms with van der Waals surface area (Å²) < 4.78 is 0. The van der Waals surface area contributed by atoms with Crippen molar-refractivity contribution in [2.45, 2.75) is 19.3 Å². The van der Waals surface area contributed by atoms with E-state index in [-0.39, 0.29) is 12.4 Å². The Bertz CT molecular complexity index is 302. The average molecular weight is 238 g/mol. The number of piperidine rings is 1. The maximum atomic E-state index is 2.53. The van der Waals surface area contributed by atoms with E-state index in [4.69, 9.17) is 0 Å². The summed E-state index contributed by atoms with van der Waals surface area (Å²) in [5.41, 5.74) is 1.30. The lowest BCUT2D eigenvalue weighted by Crippen LogP contribution is -2.29. The molecule has 0 N–H and O–H groups in total. The largest absolute Gasteiger partial charge is 0.300 e. The summed E-state index contributed by atoms with van der Waals surface area (Å²) in [6.07, 6.45) is 8.66. The molecule has 1 aliphatic rings. The highest BCUT2D eigenvalue weighted by Crippen LogP contribution is 2.08. The lowest BCUT2D eigenvalue weighted by molar-refractivity contribution is 0.252. The Morgan fingerprint density at radius 1 is 1.00 bits per heavy atom. The molecule has 1 aromatic carbocycles. The Balaban J connectivity index is 0.00000128. The van der Waals surface area contributed by atoms with Gasteiger partial charge in [0.05, 0.1) is 0 Å². The van der Waals surface area contributed by atoms with E-state index >= 15 is 0 Å². The maximum absolute atomic E-state index is 2.53. The quantitative estimate of drug-likeness (QED) is 0.777. The number of benzene rings is 1. The van der Waals surface area contributed by atoms with E-state index in [2.05, 4.69) is 47.4 Å². The summed E-state index contributed by atoms with van der Waals surface area (Å²) in [5, 5.41) is 0. The predicted octanol–water partition coefficient (Wildman–Crippen LogP) is 3.61. The minimum absolute atomic E-state index is 0. The van der Waals surface area contributed by atoms with Crippen molar-refractivity contribution < 1.29 is 0 Å². The molecule has 0 bridgehead atoms. The van der Waals surface area contributed by atoms with Crippen LogP contribution in [0.25, 0.3) is 6.08 Å². The van der Waals surface area contributed by atoms with Gasteiger partial charge < -0.3 is 0 Å². The molecule has 0 aromatic heterocycles. The Hall–Kier alpha value is -0.790. The molecule has 0 atom stereocenters. The van der Waals surface area contributed by atoms with Crippen LogP contribution in [0.5, 0.6) is 0 Å². The van der Waals surface area contributed by atoms with Crippen LogP contribution in [0.3, 0.4) is 0 Å². The minimum atomic E-state index is 0. The topological polar surface area (TPSA) is 3.24 Å². The van der Waals surface area contributed by atoms with Crippen molar-refractivity contribution in [2.75, 3.05) is 19.6 Å². The zero-order chi connectivity index (χ0) is 10.3. The Labute approximate surface area is 105 Å². The van der Waals surface area contributed by atoms with Gasteiger partial charge in [0, 0.05) is 6.54 Å². The number of hydrogen-bond donors (Lipinski definition) is 0. The zero-order valence-electron chi connectivity index (χ0n) is 9.64. The van der Waals surface area contributed by atoms with Crippen molar-refractivity contribution in [3.8, 4) is 0 Å². The molecule has 2 rings (SSSR count). The minimum Gasteiger partial charge on any atom is -0.300 e. The highest BCUT2D eigenvalue weighted by atomic mass is 35.5. The van der Waals surface area contributed by atoms with Crippen LogP contribution < -0.4 is 0 Å². The molecule has 1 aromatic rings. The molecule has 0 amide bonds. The smallest absolute Gasteiger partial charge is 0.0166 e. The first kappa shape index (κ1) is 13.3. The predicted molar refractivity (Wildman–Crippen MR) is 73.0 cm³/mol. The molecule has 0 aliphatic carbocycles. The Morgan fingerprint density at radius 3 is 2.38 bits per heavy atom. The molecule has 1 heterocycles. The van der Waals surface area contributed by atoms with E-state index in [9.17, 15) is 0 Å². The molecule has 16 heavy (non-hydrogen) atoms. The van der Waals surface area contributed by atoms with Gasteiger partial charge in [-0.15, -0.1) is 12.4 Å².